The molecule has 1 N–H and O–H groups in total. The van der Waals surface area contributed by atoms with E-state index in [4.69, 9.17) is 5.11 Å². The average molecular weight is 281 g/mol. The van der Waals surface area contributed by atoms with E-state index >= 15 is 0 Å². The van der Waals surface area contributed by atoms with Gasteiger partial charge in [-0.15, -0.1) is 0 Å². The molecule has 2 fully saturated rings. The molecule has 116 valence electrons. The molecule has 20 heavy (non-hydrogen) atoms. The van der Waals surface area contributed by atoms with E-state index in [2.05, 4.69) is 18.7 Å². The number of rotatable bonds is 5. The average Bonchev–Trinajstić information content (AvgIpc) is 2.46. The van der Waals surface area contributed by atoms with Gasteiger partial charge in [0, 0.05) is 12.5 Å². The number of likely N-dealkylation sites (tertiary alicyclic amines) is 1. The fourth-order valence-corrected chi connectivity index (χ4v) is 4.07. The van der Waals surface area contributed by atoms with Crippen LogP contribution in [0, 0.1) is 17.8 Å². The predicted molar refractivity (Wildman–Crippen MR) is 81.8 cm³/mol. The minimum absolute atomic E-state index is 0.351. The minimum Gasteiger partial charge on any atom is -0.481 e. The van der Waals surface area contributed by atoms with Gasteiger partial charge in [0.15, 0.2) is 0 Å². The quantitative estimate of drug-likeness (QED) is 0.833. The molecule has 0 radical (unpaired) electrons. The normalized spacial score (nSPS) is 29.8. The van der Waals surface area contributed by atoms with Crippen LogP contribution >= 0.6 is 0 Å². The third-order valence-corrected chi connectivity index (χ3v) is 5.62. The third kappa shape index (κ3) is 4.47. The fraction of sp³-hybridized carbons (Fsp3) is 0.941. The van der Waals surface area contributed by atoms with Crippen molar-refractivity contribution in [1.82, 2.24) is 4.90 Å². The molecule has 0 amide bonds. The van der Waals surface area contributed by atoms with Gasteiger partial charge >= 0.3 is 5.97 Å². The highest BCUT2D eigenvalue weighted by molar-refractivity contribution is 5.66. The molecule has 1 aliphatic carbocycles. The lowest BCUT2D eigenvalue weighted by molar-refractivity contribution is -0.137. The maximum absolute atomic E-state index is 10.6. The first kappa shape index (κ1) is 15.8. The number of carbonyl (C=O) groups is 1. The molecule has 1 heterocycles. The van der Waals surface area contributed by atoms with Crippen LogP contribution in [0.1, 0.15) is 65.2 Å². The molecule has 0 unspecified atom stereocenters. The second-order valence-corrected chi connectivity index (χ2v) is 7.22. The van der Waals surface area contributed by atoms with Crippen molar-refractivity contribution in [3.05, 3.63) is 0 Å². The Hall–Kier alpha value is -0.570. The molecule has 1 saturated carbocycles. The van der Waals surface area contributed by atoms with Crippen LogP contribution < -0.4 is 0 Å². The van der Waals surface area contributed by atoms with Crippen molar-refractivity contribution >= 4 is 5.97 Å². The zero-order valence-electron chi connectivity index (χ0n) is 13.2. The number of hydrogen-bond donors (Lipinski definition) is 1. The van der Waals surface area contributed by atoms with Crippen molar-refractivity contribution < 1.29 is 9.90 Å². The van der Waals surface area contributed by atoms with Crippen LogP contribution in [0.25, 0.3) is 0 Å². The van der Waals surface area contributed by atoms with E-state index in [0.29, 0.717) is 12.3 Å². The summed E-state index contributed by atoms with van der Waals surface area (Å²) >= 11 is 0. The topological polar surface area (TPSA) is 40.5 Å². The molecular weight excluding hydrogens is 250 g/mol. The van der Waals surface area contributed by atoms with E-state index in [1.165, 1.54) is 51.6 Å². The molecule has 0 aromatic heterocycles. The summed E-state index contributed by atoms with van der Waals surface area (Å²) in [6.07, 6.45) is 9.20. The largest absolute Gasteiger partial charge is 0.481 e. The Kier molecular flexibility index (Phi) is 5.88. The standard InChI is InChI=1S/C17H31NO2/c1-13(2)15-4-6-16(7-5-15)18-11-9-14(10-12-18)3-8-17(19)20/h13-16H,3-12H2,1-2H3,(H,19,20). The van der Waals surface area contributed by atoms with E-state index in [0.717, 1.165) is 24.3 Å². The molecule has 1 saturated heterocycles. The second kappa shape index (κ2) is 7.44. The van der Waals surface area contributed by atoms with Crippen molar-refractivity contribution in [2.45, 2.75) is 71.3 Å². The Labute approximate surface area is 123 Å². The van der Waals surface area contributed by atoms with E-state index in [-0.39, 0.29) is 0 Å². The molecule has 1 aliphatic heterocycles. The van der Waals surface area contributed by atoms with E-state index in [1.54, 1.807) is 0 Å². The summed E-state index contributed by atoms with van der Waals surface area (Å²) in [4.78, 5) is 13.3. The maximum atomic E-state index is 10.6. The van der Waals surface area contributed by atoms with Crippen LogP contribution in [-0.2, 0) is 4.79 Å². The Balaban J connectivity index is 1.68. The highest BCUT2D eigenvalue weighted by Crippen LogP contribution is 2.34. The first-order valence-corrected chi connectivity index (χ1v) is 8.52. The molecule has 0 bridgehead atoms. The van der Waals surface area contributed by atoms with Gasteiger partial charge in [0.2, 0.25) is 0 Å². The highest BCUT2D eigenvalue weighted by Gasteiger charge is 2.29. The van der Waals surface area contributed by atoms with Gasteiger partial charge in [-0.3, -0.25) is 4.79 Å². The summed E-state index contributed by atoms with van der Waals surface area (Å²) in [5.74, 6) is 1.80. The first-order chi connectivity index (χ1) is 9.56. The van der Waals surface area contributed by atoms with Crippen molar-refractivity contribution in [1.29, 1.82) is 0 Å². The Morgan fingerprint density at radius 1 is 1.10 bits per heavy atom. The van der Waals surface area contributed by atoms with Gasteiger partial charge in [0.05, 0.1) is 0 Å². The molecular formula is C17H31NO2. The van der Waals surface area contributed by atoms with Gasteiger partial charge in [-0.05, 0) is 75.8 Å². The van der Waals surface area contributed by atoms with E-state index in [1.807, 2.05) is 0 Å². The summed E-state index contributed by atoms with van der Waals surface area (Å²) in [5, 5.41) is 8.76. The van der Waals surface area contributed by atoms with Gasteiger partial charge in [0.1, 0.15) is 0 Å². The van der Waals surface area contributed by atoms with Crippen LogP contribution in [0.5, 0.6) is 0 Å². The summed E-state index contributed by atoms with van der Waals surface area (Å²) in [6, 6.07) is 0.811. The number of aliphatic carboxylic acids is 1. The first-order valence-electron chi connectivity index (χ1n) is 8.52. The lowest BCUT2D eigenvalue weighted by Crippen LogP contribution is -2.43. The molecule has 0 atom stereocenters. The van der Waals surface area contributed by atoms with Crippen molar-refractivity contribution in [2.24, 2.45) is 17.8 Å². The zero-order valence-corrected chi connectivity index (χ0v) is 13.2. The van der Waals surface area contributed by atoms with Gasteiger partial charge in [-0.25, -0.2) is 0 Å². The predicted octanol–water partition coefficient (Wildman–Crippen LogP) is 3.78. The molecule has 3 heteroatoms. The smallest absolute Gasteiger partial charge is 0.303 e. The Morgan fingerprint density at radius 2 is 1.70 bits per heavy atom. The van der Waals surface area contributed by atoms with Gasteiger partial charge in [-0.1, -0.05) is 13.8 Å². The van der Waals surface area contributed by atoms with E-state index < -0.39 is 5.97 Å². The molecule has 2 rings (SSSR count). The molecule has 0 aromatic carbocycles. The highest BCUT2D eigenvalue weighted by atomic mass is 16.4. The number of piperidine rings is 1. The fourth-order valence-electron chi connectivity index (χ4n) is 4.07. The van der Waals surface area contributed by atoms with Gasteiger partial charge in [-0.2, -0.15) is 0 Å². The number of carboxylic acid groups (broad SMARTS) is 1. The lowest BCUT2D eigenvalue weighted by Gasteiger charge is -2.41. The van der Waals surface area contributed by atoms with Crippen LogP contribution in [0.2, 0.25) is 0 Å². The lowest BCUT2D eigenvalue weighted by atomic mass is 9.78. The number of hydrogen-bond acceptors (Lipinski definition) is 2. The summed E-state index contributed by atoms with van der Waals surface area (Å²) in [5.41, 5.74) is 0. The Bertz CT molecular complexity index is 300. The number of nitrogens with zero attached hydrogens (tertiary/aromatic N) is 1. The van der Waals surface area contributed by atoms with Gasteiger partial charge in [0.25, 0.3) is 0 Å². The van der Waals surface area contributed by atoms with Crippen LogP contribution in [0.3, 0.4) is 0 Å². The maximum Gasteiger partial charge on any atom is 0.303 e. The summed E-state index contributed by atoms with van der Waals surface area (Å²) in [6.45, 7) is 7.11. The zero-order chi connectivity index (χ0) is 14.5. The summed E-state index contributed by atoms with van der Waals surface area (Å²) < 4.78 is 0. The minimum atomic E-state index is -0.639. The third-order valence-electron chi connectivity index (χ3n) is 5.62. The van der Waals surface area contributed by atoms with Crippen molar-refractivity contribution in [3.8, 4) is 0 Å². The van der Waals surface area contributed by atoms with Crippen LogP contribution in [0.15, 0.2) is 0 Å². The molecule has 2 aliphatic rings. The molecule has 3 nitrogen and oxygen atoms in total. The Morgan fingerprint density at radius 3 is 2.20 bits per heavy atom. The summed E-state index contributed by atoms with van der Waals surface area (Å²) in [7, 11) is 0. The van der Waals surface area contributed by atoms with Crippen molar-refractivity contribution in [2.75, 3.05) is 13.1 Å². The number of carboxylic acids is 1. The van der Waals surface area contributed by atoms with Gasteiger partial charge < -0.3 is 10.0 Å². The molecule has 0 aromatic rings. The van der Waals surface area contributed by atoms with Crippen LogP contribution in [-0.4, -0.2) is 35.1 Å². The van der Waals surface area contributed by atoms with Crippen LogP contribution in [0.4, 0.5) is 0 Å². The van der Waals surface area contributed by atoms with Crippen molar-refractivity contribution in [3.63, 3.8) is 0 Å². The van der Waals surface area contributed by atoms with E-state index in [9.17, 15) is 4.79 Å². The monoisotopic (exact) mass is 281 g/mol. The second-order valence-electron chi connectivity index (χ2n) is 7.22. The molecule has 0 spiro atoms. The SMILES string of the molecule is CC(C)C1CCC(N2CCC(CCC(=O)O)CC2)CC1.